The maximum atomic E-state index is 12.7. The van der Waals surface area contributed by atoms with E-state index < -0.39 is 24.5 Å². The van der Waals surface area contributed by atoms with Crippen LogP contribution in [0.4, 0.5) is 18.9 Å². The van der Waals surface area contributed by atoms with Crippen molar-refractivity contribution in [1.82, 2.24) is 5.32 Å². The molecule has 0 bridgehead atoms. The second kappa shape index (κ2) is 10.9. The fourth-order valence-corrected chi connectivity index (χ4v) is 2.80. The predicted molar refractivity (Wildman–Crippen MR) is 111 cm³/mol. The topological polar surface area (TPSA) is 76.7 Å². The van der Waals surface area contributed by atoms with Gasteiger partial charge in [-0.15, -0.1) is 0 Å². The van der Waals surface area contributed by atoms with E-state index in [0.29, 0.717) is 24.7 Å². The minimum atomic E-state index is -4.52. The Kier molecular flexibility index (Phi) is 8.56. The van der Waals surface area contributed by atoms with Gasteiger partial charge in [-0.3, -0.25) is 9.59 Å². The lowest BCUT2D eigenvalue weighted by molar-refractivity contribution is -0.123. The van der Waals surface area contributed by atoms with Gasteiger partial charge in [0.15, 0.2) is 11.5 Å². The van der Waals surface area contributed by atoms with Gasteiger partial charge in [-0.25, -0.2) is 0 Å². The number of carbonyl (C=O) groups excluding carboxylic acids is 2. The lowest BCUT2D eigenvalue weighted by atomic mass is 10.1. The fourth-order valence-electron chi connectivity index (χ4n) is 2.53. The Balaban J connectivity index is 2.18. The van der Waals surface area contributed by atoms with Crippen molar-refractivity contribution in [2.24, 2.45) is 0 Å². The van der Waals surface area contributed by atoms with Crippen molar-refractivity contribution in [2.45, 2.75) is 26.4 Å². The number of halogens is 4. The lowest BCUT2D eigenvalue weighted by Gasteiger charge is -2.15. The molecule has 0 saturated heterocycles. The third kappa shape index (κ3) is 7.36. The van der Waals surface area contributed by atoms with Crippen molar-refractivity contribution < 1.29 is 32.2 Å². The van der Waals surface area contributed by atoms with Gasteiger partial charge < -0.3 is 20.1 Å². The molecule has 0 heterocycles. The first-order valence-corrected chi connectivity index (χ1v) is 9.88. The highest BCUT2D eigenvalue weighted by Crippen LogP contribution is 2.37. The van der Waals surface area contributed by atoms with Crippen LogP contribution in [0.3, 0.4) is 0 Å². The van der Waals surface area contributed by atoms with E-state index in [-0.39, 0.29) is 21.8 Å². The molecule has 0 aromatic heterocycles. The van der Waals surface area contributed by atoms with Crippen LogP contribution >= 0.6 is 11.6 Å². The largest absolute Gasteiger partial charge is 0.490 e. The van der Waals surface area contributed by atoms with Gasteiger partial charge in [0, 0.05) is 16.8 Å². The van der Waals surface area contributed by atoms with E-state index in [1.54, 1.807) is 12.2 Å². The summed E-state index contributed by atoms with van der Waals surface area (Å²) in [6.45, 7) is 3.02. The highest BCUT2D eigenvalue weighted by atomic mass is 35.5. The van der Waals surface area contributed by atoms with E-state index in [1.807, 2.05) is 6.92 Å². The first-order chi connectivity index (χ1) is 14.6. The Morgan fingerprint density at radius 3 is 2.42 bits per heavy atom. The summed E-state index contributed by atoms with van der Waals surface area (Å²) in [6, 6.07) is 8.46. The van der Waals surface area contributed by atoms with E-state index in [0.717, 1.165) is 6.42 Å². The number of benzene rings is 2. The third-order valence-corrected chi connectivity index (χ3v) is 4.13. The number of anilines is 1. The molecule has 31 heavy (non-hydrogen) atoms. The van der Waals surface area contributed by atoms with Crippen LogP contribution in [-0.2, 0) is 0 Å². The summed E-state index contributed by atoms with van der Waals surface area (Å²) in [7, 11) is 0. The van der Waals surface area contributed by atoms with E-state index in [1.165, 1.54) is 36.4 Å². The molecule has 0 atom stereocenters. The van der Waals surface area contributed by atoms with Crippen LogP contribution in [0.25, 0.3) is 0 Å². The summed E-state index contributed by atoms with van der Waals surface area (Å²) in [6.07, 6.45) is -3.76. The van der Waals surface area contributed by atoms with Gasteiger partial charge in [-0.1, -0.05) is 24.6 Å². The molecule has 0 radical (unpaired) electrons. The monoisotopic (exact) mass is 458 g/mol. The van der Waals surface area contributed by atoms with Crippen LogP contribution in [0.15, 0.2) is 36.4 Å². The summed E-state index contributed by atoms with van der Waals surface area (Å²) in [5, 5.41) is 4.57. The Labute approximate surface area is 182 Å². The summed E-state index contributed by atoms with van der Waals surface area (Å²) in [5.41, 5.74) is 0.382. The molecule has 2 amide bonds. The quantitative estimate of drug-likeness (QED) is 0.550. The Hall–Kier alpha value is -2.94. The van der Waals surface area contributed by atoms with Crippen LogP contribution < -0.4 is 20.1 Å². The molecule has 0 aliphatic heterocycles. The van der Waals surface area contributed by atoms with Crippen LogP contribution in [-0.4, -0.2) is 37.7 Å². The summed E-state index contributed by atoms with van der Waals surface area (Å²) >= 11 is 6.26. The molecular weight excluding hydrogens is 437 g/mol. The van der Waals surface area contributed by atoms with Crippen LogP contribution in [0.1, 0.15) is 41.0 Å². The number of nitrogens with one attached hydrogen (secondary N) is 2. The molecule has 0 spiro atoms. The average molecular weight is 459 g/mol. The molecule has 6 nitrogen and oxygen atoms in total. The fraction of sp³-hybridized carbons (Fsp3) is 0.333. The molecule has 2 N–H and O–H groups in total. The van der Waals surface area contributed by atoms with Gasteiger partial charge in [0.05, 0.1) is 18.2 Å². The van der Waals surface area contributed by atoms with E-state index in [2.05, 4.69) is 5.32 Å². The van der Waals surface area contributed by atoms with Crippen molar-refractivity contribution in [2.75, 3.05) is 25.1 Å². The number of ether oxygens (including phenoxy) is 2. The maximum Gasteiger partial charge on any atom is 0.405 e. The zero-order chi connectivity index (χ0) is 23.0. The summed E-state index contributed by atoms with van der Waals surface area (Å²) in [5.74, 6) is -0.801. The molecule has 10 heteroatoms. The number of carbonyl (C=O) groups is 2. The second-order valence-corrected chi connectivity index (χ2v) is 6.81. The molecule has 0 saturated carbocycles. The van der Waals surface area contributed by atoms with Crippen LogP contribution in [0.2, 0.25) is 5.02 Å². The number of hydrogen-bond donors (Lipinski definition) is 2. The van der Waals surface area contributed by atoms with Gasteiger partial charge in [-0.2, -0.15) is 13.2 Å². The molecule has 0 aliphatic rings. The molecule has 0 fully saturated rings. The number of hydrogen-bond acceptors (Lipinski definition) is 4. The van der Waals surface area contributed by atoms with E-state index in [4.69, 9.17) is 21.1 Å². The zero-order valence-corrected chi connectivity index (χ0v) is 17.7. The van der Waals surface area contributed by atoms with Gasteiger partial charge >= 0.3 is 6.18 Å². The molecular formula is C21H22ClF3N2O4. The maximum absolute atomic E-state index is 12.7. The van der Waals surface area contributed by atoms with Gasteiger partial charge in [0.25, 0.3) is 11.8 Å². The van der Waals surface area contributed by atoms with Crippen molar-refractivity contribution in [3.8, 4) is 11.5 Å². The molecule has 168 valence electrons. The second-order valence-electron chi connectivity index (χ2n) is 6.40. The van der Waals surface area contributed by atoms with Gasteiger partial charge in [-0.05, 0) is 43.7 Å². The van der Waals surface area contributed by atoms with E-state index in [9.17, 15) is 22.8 Å². The van der Waals surface area contributed by atoms with Crippen molar-refractivity contribution >= 4 is 29.1 Å². The molecule has 2 aromatic rings. The molecule has 2 aromatic carbocycles. The molecule has 0 aliphatic carbocycles. The third-order valence-electron chi connectivity index (χ3n) is 3.85. The first kappa shape index (κ1) is 24.3. The Morgan fingerprint density at radius 1 is 1.03 bits per heavy atom. The SMILES string of the molecule is CCCOc1c(Cl)cc(C(=O)Nc2cccc(C(=O)NCC(F)(F)F)c2)cc1OCC. The summed E-state index contributed by atoms with van der Waals surface area (Å²) in [4.78, 5) is 24.6. The smallest absolute Gasteiger partial charge is 0.405 e. The normalized spacial score (nSPS) is 11.0. The molecule has 0 unspecified atom stereocenters. The number of rotatable bonds is 9. The van der Waals surface area contributed by atoms with Gasteiger partial charge in [0.2, 0.25) is 0 Å². The Morgan fingerprint density at radius 2 is 1.77 bits per heavy atom. The van der Waals surface area contributed by atoms with Crippen molar-refractivity contribution in [3.63, 3.8) is 0 Å². The zero-order valence-electron chi connectivity index (χ0n) is 16.9. The van der Waals surface area contributed by atoms with Gasteiger partial charge in [0.1, 0.15) is 6.54 Å². The van der Waals surface area contributed by atoms with Crippen LogP contribution in [0, 0.1) is 0 Å². The number of alkyl halides is 3. The van der Waals surface area contributed by atoms with Crippen molar-refractivity contribution in [3.05, 3.63) is 52.5 Å². The minimum absolute atomic E-state index is 0.0293. The predicted octanol–water partition coefficient (Wildman–Crippen LogP) is 5.07. The minimum Gasteiger partial charge on any atom is -0.490 e. The number of amides is 2. The summed E-state index contributed by atoms with van der Waals surface area (Å²) < 4.78 is 48.0. The van der Waals surface area contributed by atoms with Crippen LogP contribution in [0.5, 0.6) is 11.5 Å². The molecule has 2 rings (SSSR count). The Bertz CT molecular complexity index is 935. The average Bonchev–Trinajstić information content (AvgIpc) is 2.71. The first-order valence-electron chi connectivity index (χ1n) is 9.50. The standard InChI is InChI=1S/C21H22ClF3N2O4/c1-3-8-31-18-16(22)10-14(11-17(18)30-4-2)20(29)27-15-7-5-6-13(9-15)19(28)26-12-21(23,24)25/h5-7,9-11H,3-4,8,12H2,1-2H3,(H,26,28)(H,27,29). The van der Waals surface area contributed by atoms with E-state index >= 15 is 0 Å². The lowest BCUT2D eigenvalue weighted by Crippen LogP contribution is -2.33. The highest BCUT2D eigenvalue weighted by Gasteiger charge is 2.28. The van der Waals surface area contributed by atoms with Crippen molar-refractivity contribution in [1.29, 1.82) is 0 Å². The highest BCUT2D eigenvalue weighted by molar-refractivity contribution is 6.32.